The van der Waals surface area contributed by atoms with Crippen LogP contribution in [0, 0.1) is 10.1 Å². The molecular formula is C29H21N3O8S. The second-order valence-electron chi connectivity index (χ2n) is 9.02. The molecule has 0 bridgehead atoms. The second-order valence-corrected chi connectivity index (χ2v) is 10.0. The van der Waals surface area contributed by atoms with Gasteiger partial charge in [0.25, 0.3) is 5.56 Å². The molecule has 0 aliphatic carbocycles. The molecule has 11 nitrogen and oxygen atoms in total. The summed E-state index contributed by atoms with van der Waals surface area (Å²) in [5, 5.41) is 21.8. The molecule has 0 saturated heterocycles. The highest BCUT2D eigenvalue weighted by Crippen LogP contribution is 2.40. The topological polar surface area (TPSA) is 142 Å². The minimum Gasteiger partial charge on any atom is -0.502 e. The molecule has 4 aromatic rings. The molecule has 0 radical (unpaired) electrons. The summed E-state index contributed by atoms with van der Waals surface area (Å²) in [7, 11) is 0. The average Bonchev–Trinajstić information content (AvgIpc) is 3.57. The molecular weight excluding hydrogens is 550 g/mol. The van der Waals surface area contributed by atoms with Crippen molar-refractivity contribution in [2.24, 2.45) is 4.99 Å². The Bertz CT molecular complexity index is 1930. The second kappa shape index (κ2) is 10.4. The molecule has 2 aliphatic heterocycles. The minimum atomic E-state index is -0.948. The summed E-state index contributed by atoms with van der Waals surface area (Å²) in [4.78, 5) is 43.2. The highest BCUT2D eigenvalue weighted by molar-refractivity contribution is 7.07. The highest BCUT2D eigenvalue weighted by atomic mass is 32.1. The van der Waals surface area contributed by atoms with Crippen LogP contribution in [0.2, 0.25) is 0 Å². The van der Waals surface area contributed by atoms with Crippen LogP contribution in [-0.2, 0) is 9.53 Å². The third-order valence-corrected chi connectivity index (χ3v) is 7.60. The van der Waals surface area contributed by atoms with Crippen molar-refractivity contribution < 1.29 is 29.0 Å². The number of fused-ring (bicyclic) bond motifs is 2. The van der Waals surface area contributed by atoms with Gasteiger partial charge in [-0.25, -0.2) is 9.79 Å². The number of rotatable bonds is 6. The Morgan fingerprint density at radius 2 is 1.95 bits per heavy atom. The first-order valence-corrected chi connectivity index (χ1v) is 13.3. The van der Waals surface area contributed by atoms with Gasteiger partial charge in [-0.2, -0.15) is 0 Å². The largest absolute Gasteiger partial charge is 0.502 e. The van der Waals surface area contributed by atoms with Gasteiger partial charge in [-0.05, 0) is 30.7 Å². The van der Waals surface area contributed by atoms with Crippen LogP contribution in [0.3, 0.4) is 0 Å². The number of phenols is 1. The number of nitro groups is 1. The van der Waals surface area contributed by atoms with Gasteiger partial charge >= 0.3 is 11.7 Å². The van der Waals surface area contributed by atoms with Gasteiger partial charge in [0.05, 0.1) is 33.4 Å². The Labute approximate surface area is 235 Å². The fraction of sp³-hybridized carbons (Fsp3) is 0.138. The predicted molar refractivity (Wildman–Crippen MR) is 148 cm³/mol. The highest BCUT2D eigenvalue weighted by Gasteiger charge is 2.36. The molecule has 0 fully saturated rings. The van der Waals surface area contributed by atoms with E-state index < -0.39 is 33.9 Å². The van der Waals surface area contributed by atoms with Crippen LogP contribution < -0.4 is 24.4 Å². The van der Waals surface area contributed by atoms with Crippen molar-refractivity contribution in [3.63, 3.8) is 0 Å². The molecule has 41 heavy (non-hydrogen) atoms. The lowest BCUT2D eigenvalue weighted by atomic mass is 9.93. The summed E-state index contributed by atoms with van der Waals surface area (Å²) >= 11 is 1.03. The Hall–Kier alpha value is -5.23. The first-order valence-electron chi connectivity index (χ1n) is 12.5. The SMILES string of the molecule is CCOC(=O)C1=C(c2ccccc2)N=c2s/c(=C/c3cccc([N+](=O)[O-])c3O)c(=O)n2C1c1ccc2c(c1)OCO2. The minimum absolute atomic E-state index is 0.0457. The normalized spacial score (nSPS) is 15.8. The van der Waals surface area contributed by atoms with Crippen LogP contribution in [0.25, 0.3) is 11.8 Å². The van der Waals surface area contributed by atoms with Gasteiger partial charge in [-0.15, -0.1) is 0 Å². The number of aromatic nitrogens is 1. The molecule has 0 saturated carbocycles. The van der Waals surface area contributed by atoms with Crippen LogP contribution in [0.15, 0.2) is 82.1 Å². The van der Waals surface area contributed by atoms with Crippen molar-refractivity contribution >= 4 is 34.8 Å². The molecule has 6 rings (SSSR count). The number of nitrogens with zero attached hydrogens (tertiary/aromatic N) is 3. The number of nitro benzene ring substituents is 1. The van der Waals surface area contributed by atoms with Crippen molar-refractivity contribution in [2.45, 2.75) is 13.0 Å². The van der Waals surface area contributed by atoms with Crippen LogP contribution >= 0.6 is 11.3 Å². The third kappa shape index (κ3) is 4.53. The maximum Gasteiger partial charge on any atom is 0.338 e. The van der Waals surface area contributed by atoms with Crippen molar-refractivity contribution in [2.75, 3.05) is 13.4 Å². The van der Waals surface area contributed by atoms with Crippen molar-refractivity contribution in [3.8, 4) is 17.2 Å². The van der Waals surface area contributed by atoms with E-state index in [2.05, 4.69) is 0 Å². The first kappa shape index (κ1) is 26.0. The Balaban J connectivity index is 1.65. The smallest absolute Gasteiger partial charge is 0.338 e. The van der Waals surface area contributed by atoms with E-state index in [0.29, 0.717) is 33.1 Å². The number of para-hydroxylation sites is 1. The van der Waals surface area contributed by atoms with Crippen molar-refractivity contribution in [3.05, 3.63) is 119 Å². The number of carbonyl (C=O) groups excluding carboxylic acids is 1. The van der Waals surface area contributed by atoms with Crippen LogP contribution in [0.1, 0.15) is 29.7 Å². The molecule has 206 valence electrons. The maximum absolute atomic E-state index is 14.0. The van der Waals surface area contributed by atoms with E-state index in [-0.39, 0.29) is 29.1 Å². The number of carbonyl (C=O) groups is 1. The molecule has 12 heteroatoms. The van der Waals surface area contributed by atoms with E-state index in [1.807, 2.05) is 30.3 Å². The molecule has 1 atom stereocenters. The zero-order chi connectivity index (χ0) is 28.7. The zero-order valence-electron chi connectivity index (χ0n) is 21.5. The monoisotopic (exact) mass is 571 g/mol. The summed E-state index contributed by atoms with van der Waals surface area (Å²) in [6.07, 6.45) is 1.37. The van der Waals surface area contributed by atoms with Gasteiger partial charge in [0.1, 0.15) is 0 Å². The van der Waals surface area contributed by atoms with Gasteiger partial charge in [0, 0.05) is 17.2 Å². The number of benzene rings is 3. The van der Waals surface area contributed by atoms with E-state index >= 15 is 0 Å². The van der Waals surface area contributed by atoms with Crippen LogP contribution in [0.4, 0.5) is 5.69 Å². The summed E-state index contributed by atoms with van der Waals surface area (Å²) in [5.41, 5.74) is 0.822. The molecule has 3 aromatic carbocycles. The van der Waals surface area contributed by atoms with E-state index in [0.717, 1.165) is 11.3 Å². The van der Waals surface area contributed by atoms with Gasteiger partial charge in [0.2, 0.25) is 12.5 Å². The van der Waals surface area contributed by atoms with Gasteiger partial charge < -0.3 is 19.3 Å². The summed E-state index contributed by atoms with van der Waals surface area (Å²) in [5.74, 6) is -0.198. The number of phenolic OH excluding ortho intramolecular Hbond substituents is 1. The van der Waals surface area contributed by atoms with Crippen LogP contribution in [0.5, 0.6) is 17.2 Å². The maximum atomic E-state index is 14.0. The Kier molecular flexibility index (Phi) is 6.59. The van der Waals surface area contributed by atoms with E-state index in [1.165, 1.54) is 28.8 Å². The summed E-state index contributed by atoms with van der Waals surface area (Å²) in [6.45, 7) is 1.84. The Morgan fingerprint density at radius 3 is 2.71 bits per heavy atom. The quantitative estimate of drug-likeness (QED) is 0.211. The lowest BCUT2D eigenvalue weighted by molar-refractivity contribution is -0.385. The third-order valence-electron chi connectivity index (χ3n) is 6.62. The van der Waals surface area contributed by atoms with E-state index in [4.69, 9.17) is 19.2 Å². The lowest BCUT2D eigenvalue weighted by Crippen LogP contribution is -2.40. The van der Waals surface area contributed by atoms with Gasteiger partial charge in [-0.1, -0.05) is 59.9 Å². The summed E-state index contributed by atoms with van der Waals surface area (Å²) in [6, 6.07) is 17.4. The number of thiazole rings is 1. The molecule has 2 aliphatic rings. The fourth-order valence-electron chi connectivity index (χ4n) is 4.79. The van der Waals surface area contributed by atoms with Gasteiger partial charge in [0.15, 0.2) is 16.3 Å². The number of hydrogen-bond donors (Lipinski definition) is 1. The molecule has 3 heterocycles. The number of esters is 1. The first-order chi connectivity index (χ1) is 19.9. The summed E-state index contributed by atoms with van der Waals surface area (Å²) < 4.78 is 18.0. The zero-order valence-corrected chi connectivity index (χ0v) is 22.3. The van der Waals surface area contributed by atoms with Crippen LogP contribution in [-0.4, -0.2) is 34.0 Å². The molecule has 1 N–H and O–H groups in total. The lowest BCUT2D eigenvalue weighted by Gasteiger charge is -2.26. The number of hydrogen-bond acceptors (Lipinski definition) is 10. The van der Waals surface area contributed by atoms with Crippen molar-refractivity contribution in [1.82, 2.24) is 4.57 Å². The van der Waals surface area contributed by atoms with E-state index in [1.54, 1.807) is 25.1 Å². The number of aromatic hydroxyl groups is 1. The average molecular weight is 572 g/mol. The molecule has 1 unspecified atom stereocenters. The predicted octanol–water partition coefficient (Wildman–Crippen LogP) is 3.28. The number of ether oxygens (including phenoxy) is 3. The van der Waals surface area contributed by atoms with E-state index in [9.17, 15) is 24.8 Å². The molecule has 0 amide bonds. The van der Waals surface area contributed by atoms with Crippen molar-refractivity contribution in [1.29, 1.82) is 0 Å². The molecule has 1 aromatic heterocycles. The van der Waals surface area contributed by atoms with Gasteiger partial charge in [-0.3, -0.25) is 19.5 Å². The Morgan fingerprint density at radius 1 is 1.17 bits per heavy atom. The fourth-order valence-corrected chi connectivity index (χ4v) is 5.78. The standard InChI is InChI=1S/C29H21N3O8S/c1-2-38-28(35)23-24(16-7-4-3-5-8-16)30-29-31(25(23)17-11-12-20-21(13-17)40-15-39-20)27(34)22(41-29)14-18-9-6-10-19(26(18)33)32(36)37/h3-14,25,33H,2,15H2,1H3/b22-14+. The molecule has 0 spiro atoms.